The quantitative estimate of drug-likeness (QED) is 0.832. The highest BCUT2D eigenvalue weighted by Crippen LogP contribution is 2.30. The van der Waals surface area contributed by atoms with Gasteiger partial charge in [-0.3, -0.25) is 0 Å². The summed E-state index contributed by atoms with van der Waals surface area (Å²) in [6.45, 7) is 3.75. The molecule has 0 radical (unpaired) electrons. The second-order valence-corrected chi connectivity index (χ2v) is 7.60. The summed E-state index contributed by atoms with van der Waals surface area (Å²) in [6.07, 6.45) is 1.67. The molecular weight excluding hydrogens is 300 g/mol. The second-order valence-electron chi connectivity index (χ2n) is 5.43. The molecular formula is C13H19ClN2O3S. The molecule has 1 saturated heterocycles. The Morgan fingerprint density at radius 1 is 1.40 bits per heavy atom. The van der Waals surface area contributed by atoms with E-state index in [1.54, 1.807) is 6.07 Å². The third-order valence-electron chi connectivity index (χ3n) is 3.65. The van der Waals surface area contributed by atoms with Crippen LogP contribution < -0.4 is 10.5 Å². The standard InChI is InChI=1S/C13H19ClN2O3S/c1-13(4-6-19-7-5-13)9-16-20(17,18)12-8-10(14)2-3-11(12)15/h2-3,8,16H,4-7,9,15H2,1H3. The van der Waals surface area contributed by atoms with Crippen LogP contribution in [-0.4, -0.2) is 28.2 Å². The van der Waals surface area contributed by atoms with Crippen molar-refractivity contribution in [2.45, 2.75) is 24.7 Å². The van der Waals surface area contributed by atoms with Crippen molar-refractivity contribution in [3.05, 3.63) is 23.2 Å². The van der Waals surface area contributed by atoms with Gasteiger partial charge in [0.2, 0.25) is 10.0 Å². The van der Waals surface area contributed by atoms with Gasteiger partial charge in [-0.15, -0.1) is 0 Å². The van der Waals surface area contributed by atoms with Gasteiger partial charge in [-0.25, -0.2) is 13.1 Å². The summed E-state index contributed by atoms with van der Waals surface area (Å²) in [5, 5.41) is 0.344. The molecule has 112 valence electrons. The van der Waals surface area contributed by atoms with Crippen LogP contribution in [0, 0.1) is 5.41 Å². The number of sulfonamides is 1. The Balaban J connectivity index is 2.13. The zero-order chi connectivity index (χ0) is 14.8. The predicted molar refractivity (Wildman–Crippen MR) is 79.2 cm³/mol. The van der Waals surface area contributed by atoms with Gasteiger partial charge in [0.25, 0.3) is 0 Å². The fraction of sp³-hybridized carbons (Fsp3) is 0.538. The zero-order valence-electron chi connectivity index (χ0n) is 11.4. The van der Waals surface area contributed by atoms with Gasteiger partial charge in [-0.2, -0.15) is 0 Å². The van der Waals surface area contributed by atoms with Gasteiger partial charge < -0.3 is 10.5 Å². The minimum Gasteiger partial charge on any atom is -0.398 e. The first kappa shape index (κ1) is 15.6. The Morgan fingerprint density at radius 2 is 2.05 bits per heavy atom. The number of hydrogen-bond donors (Lipinski definition) is 2. The van der Waals surface area contributed by atoms with Gasteiger partial charge in [-0.1, -0.05) is 18.5 Å². The van der Waals surface area contributed by atoms with E-state index in [1.807, 2.05) is 0 Å². The molecule has 0 aromatic heterocycles. The number of benzene rings is 1. The molecule has 0 unspecified atom stereocenters. The van der Waals surface area contributed by atoms with E-state index < -0.39 is 10.0 Å². The molecule has 1 aliphatic rings. The zero-order valence-corrected chi connectivity index (χ0v) is 12.9. The molecule has 1 aromatic rings. The summed E-state index contributed by atoms with van der Waals surface area (Å²) < 4.78 is 32.6. The molecule has 0 amide bonds. The van der Waals surface area contributed by atoms with Crippen molar-refractivity contribution in [3.63, 3.8) is 0 Å². The van der Waals surface area contributed by atoms with E-state index in [-0.39, 0.29) is 16.0 Å². The number of halogens is 1. The molecule has 5 nitrogen and oxygen atoms in total. The lowest BCUT2D eigenvalue weighted by molar-refractivity contribution is 0.0265. The normalized spacial score (nSPS) is 18.9. The van der Waals surface area contributed by atoms with E-state index in [0.717, 1.165) is 12.8 Å². The van der Waals surface area contributed by atoms with Crippen LogP contribution in [0.15, 0.2) is 23.1 Å². The number of nitrogens with one attached hydrogen (secondary N) is 1. The molecule has 1 aromatic carbocycles. The first-order valence-electron chi connectivity index (χ1n) is 6.45. The lowest BCUT2D eigenvalue weighted by atomic mass is 9.83. The fourth-order valence-electron chi connectivity index (χ4n) is 2.13. The number of hydrogen-bond acceptors (Lipinski definition) is 4. The molecule has 1 fully saturated rings. The van der Waals surface area contributed by atoms with Gasteiger partial charge in [0.15, 0.2) is 0 Å². The highest BCUT2D eigenvalue weighted by molar-refractivity contribution is 7.89. The second kappa shape index (κ2) is 5.89. The summed E-state index contributed by atoms with van der Waals surface area (Å²) >= 11 is 5.83. The van der Waals surface area contributed by atoms with Crippen LogP contribution in [0.3, 0.4) is 0 Å². The number of nitrogens with two attached hydrogens (primary N) is 1. The molecule has 20 heavy (non-hydrogen) atoms. The molecule has 2 rings (SSSR count). The van der Waals surface area contributed by atoms with Gasteiger partial charge in [-0.05, 0) is 36.5 Å². The number of ether oxygens (including phenoxy) is 1. The number of anilines is 1. The first-order chi connectivity index (χ1) is 9.32. The van der Waals surface area contributed by atoms with E-state index in [4.69, 9.17) is 22.1 Å². The predicted octanol–water partition coefficient (Wildman–Crippen LogP) is 2.02. The Morgan fingerprint density at radius 3 is 2.70 bits per heavy atom. The molecule has 0 aliphatic carbocycles. The summed E-state index contributed by atoms with van der Waals surface area (Å²) in [4.78, 5) is 0.0284. The summed E-state index contributed by atoms with van der Waals surface area (Å²) in [6, 6.07) is 4.42. The average molecular weight is 319 g/mol. The minimum atomic E-state index is -3.65. The van der Waals surface area contributed by atoms with E-state index in [9.17, 15) is 8.42 Å². The van der Waals surface area contributed by atoms with Crippen molar-refractivity contribution >= 4 is 27.3 Å². The molecule has 0 atom stereocenters. The smallest absolute Gasteiger partial charge is 0.242 e. The molecule has 0 bridgehead atoms. The van der Waals surface area contributed by atoms with Crippen LogP contribution in [0.5, 0.6) is 0 Å². The van der Waals surface area contributed by atoms with Crippen molar-refractivity contribution in [1.82, 2.24) is 4.72 Å². The van der Waals surface area contributed by atoms with Crippen LogP contribution in [0.25, 0.3) is 0 Å². The molecule has 1 aliphatic heterocycles. The fourth-order valence-corrected chi connectivity index (χ4v) is 3.72. The molecule has 0 saturated carbocycles. The molecule has 7 heteroatoms. The molecule has 0 spiro atoms. The van der Waals surface area contributed by atoms with Crippen molar-refractivity contribution in [1.29, 1.82) is 0 Å². The van der Waals surface area contributed by atoms with Crippen molar-refractivity contribution < 1.29 is 13.2 Å². The van der Waals surface area contributed by atoms with E-state index in [0.29, 0.717) is 24.8 Å². The maximum atomic E-state index is 12.3. The van der Waals surface area contributed by atoms with E-state index in [1.165, 1.54) is 12.1 Å². The maximum absolute atomic E-state index is 12.3. The highest BCUT2D eigenvalue weighted by Gasteiger charge is 2.29. The number of rotatable bonds is 4. The first-order valence-corrected chi connectivity index (χ1v) is 8.31. The highest BCUT2D eigenvalue weighted by atomic mass is 35.5. The van der Waals surface area contributed by atoms with Crippen LogP contribution in [0.2, 0.25) is 5.02 Å². The summed E-state index contributed by atoms with van der Waals surface area (Å²) in [5.74, 6) is 0. The summed E-state index contributed by atoms with van der Waals surface area (Å²) in [5.41, 5.74) is 5.83. The average Bonchev–Trinajstić information content (AvgIpc) is 2.40. The third-order valence-corrected chi connectivity index (χ3v) is 5.35. The SMILES string of the molecule is CC1(CNS(=O)(=O)c2cc(Cl)ccc2N)CCOCC1. The largest absolute Gasteiger partial charge is 0.398 e. The van der Waals surface area contributed by atoms with Crippen molar-refractivity contribution in [2.75, 3.05) is 25.5 Å². The van der Waals surface area contributed by atoms with E-state index >= 15 is 0 Å². The van der Waals surface area contributed by atoms with Gasteiger partial charge in [0, 0.05) is 24.8 Å². The van der Waals surface area contributed by atoms with Crippen LogP contribution >= 0.6 is 11.6 Å². The Hall–Kier alpha value is -0.820. The lowest BCUT2D eigenvalue weighted by Gasteiger charge is -2.33. The van der Waals surface area contributed by atoms with Crippen molar-refractivity contribution in [2.24, 2.45) is 5.41 Å². The maximum Gasteiger partial charge on any atom is 0.242 e. The van der Waals surface area contributed by atoms with Gasteiger partial charge >= 0.3 is 0 Å². The Labute approximate surface area is 124 Å². The molecule has 3 N–H and O–H groups in total. The third kappa shape index (κ3) is 3.63. The van der Waals surface area contributed by atoms with Crippen LogP contribution in [0.1, 0.15) is 19.8 Å². The monoisotopic (exact) mass is 318 g/mol. The van der Waals surface area contributed by atoms with Crippen LogP contribution in [0.4, 0.5) is 5.69 Å². The van der Waals surface area contributed by atoms with Gasteiger partial charge in [0.05, 0.1) is 5.69 Å². The summed E-state index contributed by atoms with van der Waals surface area (Å²) in [7, 11) is -3.65. The Bertz CT molecular complexity index is 583. The van der Waals surface area contributed by atoms with Crippen molar-refractivity contribution in [3.8, 4) is 0 Å². The van der Waals surface area contributed by atoms with Gasteiger partial charge in [0.1, 0.15) is 4.90 Å². The lowest BCUT2D eigenvalue weighted by Crippen LogP contribution is -2.39. The Kier molecular flexibility index (Phi) is 4.59. The minimum absolute atomic E-state index is 0.0284. The van der Waals surface area contributed by atoms with Crippen LogP contribution in [-0.2, 0) is 14.8 Å². The number of nitrogen functional groups attached to an aromatic ring is 1. The van der Waals surface area contributed by atoms with E-state index in [2.05, 4.69) is 11.6 Å². The molecule has 1 heterocycles. The topological polar surface area (TPSA) is 81.4 Å².